The molecule has 3 nitrogen and oxygen atoms in total. The smallest absolute Gasteiger partial charge is 0.224 e. The molecule has 0 saturated carbocycles. The second-order valence-corrected chi connectivity index (χ2v) is 9.62. The fourth-order valence-corrected chi connectivity index (χ4v) is 4.42. The summed E-state index contributed by atoms with van der Waals surface area (Å²) >= 11 is 0. The zero-order chi connectivity index (χ0) is 23.8. The Balaban J connectivity index is 1.81. The molecule has 0 fully saturated rings. The molecule has 3 heteroatoms. The fourth-order valence-electron chi connectivity index (χ4n) is 4.42. The van der Waals surface area contributed by atoms with Gasteiger partial charge in [-0.25, -0.2) is 0 Å². The monoisotopic (exact) mass is 459 g/mol. The Morgan fingerprint density at radius 2 is 1.12 bits per heavy atom. The first-order valence-corrected chi connectivity index (χ1v) is 14.3. The molecule has 0 unspecified atom stereocenters. The summed E-state index contributed by atoms with van der Waals surface area (Å²) in [7, 11) is 0. The number of amides is 1. The summed E-state index contributed by atoms with van der Waals surface area (Å²) in [6, 6.07) is 7.63. The molecule has 1 N–H and O–H groups in total. The van der Waals surface area contributed by atoms with Crippen LogP contribution in [0.3, 0.4) is 0 Å². The zero-order valence-electron chi connectivity index (χ0n) is 22.0. The fraction of sp³-hybridized carbons (Fsp3) is 0.767. The van der Waals surface area contributed by atoms with Crippen molar-refractivity contribution in [3.8, 4) is 5.75 Å². The molecule has 0 aliphatic carbocycles. The highest BCUT2D eigenvalue weighted by molar-refractivity contribution is 5.90. The van der Waals surface area contributed by atoms with Crippen molar-refractivity contribution in [1.29, 1.82) is 0 Å². The van der Waals surface area contributed by atoms with Crippen molar-refractivity contribution in [2.75, 3.05) is 11.9 Å². The number of carbonyl (C=O) groups is 1. The minimum Gasteiger partial charge on any atom is -0.494 e. The average molecular weight is 460 g/mol. The van der Waals surface area contributed by atoms with Crippen LogP contribution in [-0.2, 0) is 4.79 Å². The van der Waals surface area contributed by atoms with Crippen molar-refractivity contribution in [3.05, 3.63) is 24.3 Å². The maximum absolute atomic E-state index is 12.1. The van der Waals surface area contributed by atoms with Crippen LogP contribution in [0.4, 0.5) is 5.69 Å². The predicted octanol–water partition coefficient (Wildman–Crippen LogP) is 9.85. The van der Waals surface area contributed by atoms with Gasteiger partial charge in [-0.05, 0) is 25.5 Å². The first kappa shape index (κ1) is 29.5. The highest BCUT2D eigenvalue weighted by Gasteiger charge is 2.03. The van der Waals surface area contributed by atoms with Crippen LogP contribution >= 0.6 is 0 Å². The minimum absolute atomic E-state index is 0.107. The van der Waals surface area contributed by atoms with Crippen molar-refractivity contribution in [2.45, 2.75) is 142 Å². The van der Waals surface area contributed by atoms with Crippen LogP contribution in [0.15, 0.2) is 24.3 Å². The lowest BCUT2D eigenvalue weighted by Crippen LogP contribution is -2.11. The molecule has 0 aromatic heterocycles. The van der Waals surface area contributed by atoms with Crippen LogP contribution in [0.5, 0.6) is 5.75 Å². The second kappa shape index (κ2) is 22.3. The van der Waals surface area contributed by atoms with Gasteiger partial charge in [0, 0.05) is 18.2 Å². The Morgan fingerprint density at radius 3 is 1.58 bits per heavy atom. The lowest BCUT2D eigenvalue weighted by Gasteiger charge is -2.08. The largest absolute Gasteiger partial charge is 0.494 e. The third kappa shape index (κ3) is 18.6. The van der Waals surface area contributed by atoms with Gasteiger partial charge in [0.1, 0.15) is 5.75 Å². The molecular formula is C30H53NO2. The van der Waals surface area contributed by atoms with Crippen molar-refractivity contribution < 1.29 is 9.53 Å². The van der Waals surface area contributed by atoms with E-state index in [4.69, 9.17) is 4.74 Å². The normalized spacial score (nSPS) is 11.0. The number of nitrogens with one attached hydrogen (secondary N) is 1. The summed E-state index contributed by atoms with van der Waals surface area (Å²) in [6.45, 7) is 4.89. The highest BCUT2D eigenvalue weighted by Crippen LogP contribution is 2.18. The molecule has 0 aliphatic rings. The number of hydrogen-bond donors (Lipinski definition) is 1. The van der Waals surface area contributed by atoms with E-state index in [2.05, 4.69) is 12.2 Å². The molecular weight excluding hydrogens is 406 g/mol. The molecule has 0 spiro atoms. The first-order valence-electron chi connectivity index (χ1n) is 14.3. The lowest BCUT2D eigenvalue weighted by molar-refractivity contribution is -0.116. The van der Waals surface area contributed by atoms with Crippen LogP contribution in [0.2, 0.25) is 0 Å². The van der Waals surface area contributed by atoms with E-state index in [-0.39, 0.29) is 5.91 Å². The van der Waals surface area contributed by atoms with E-state index in [1.54, 1.807) is 0 Å². The van der Waals surface area contributed by atoms with E-state index in [0.29, 0.717) is 13.0 Å². The zero-order valence-corrected chi connectivity index (χ0v) is 22.0. The van der Waals surface area contributed by atoms with Gasteiger partial charge < -0.3 is 10.1 Å². The Morgan fingerprint density at radius 1 is 0.667 bits per heavy atom. The summed E-state index contributed by atoms with van der Waals surface area (Å²) in [6.07, 6.45) is 26.7. The van der Waals surface area contributed by atoms with Crippen LogP contribution in [0.25, 0.3) is 0 Å². The van der Waals surface area contributed by atoms with E-state index < -0.39 is 0 Å². The number of benzene rings is 1. The van der Waals surface area contributed by atoms with Crippen molar-refractivity contribution in [1.82, 2.24) is 0 Å². The lowest BCUT2D eigenvalue weighted by atomic mass is 10.0. The first-order chi connectivity index (χ1) is 16.3. The van der Waals surface area contributed by atoms with Crippen molar-refractivity contribution in [2.24, 2.45) is 0 Å². The number of anilines is 1. The van der Waals surface area contributed by atoms with Gasteiger partial charge in [-0.3, -0.25) is 4.79 Å². The van der Waals surface area contributed by atoms with E-state index in [1.165, 1.54) is 109 Å². The van der Waals surface area contributed by atoms with Gasteiger partial charge in [0.05, 0.1) is 6.61 Å². The number of carbonyl (C=O) groups excluding carboxylic acids is 1. The molecule has 0 atom stereocenters. The summed E-state index contributed by atoms with van der Waals surface area (Å²) < 4.78 is 5.48. The number of rotatable bonds is 23. The maximum Gasteiger partial charge on any atom is 0.224 e. The summed E-state index contributed by atoms with van der Waals surface area (Å²) in [4.78, 5) is 12.1. The molecule has 0 heterocycles. The Bertz CT molecular complexity index is 572. The van der Waals surface area contributed by atoms with Gasteiger partial charge in [-0.15, -0.1) is 0 Å². The number of ether oxygens (including phenoxy) is 1. The molecule has 0 bridgehead atoms. The van der Waals surface area contributed by atoms with E-state index >= 15 is 0 Å². The van der Waals surface area contributed by atoms with E-state index in [1.807, 2.05) is 31.2 Å². The van der Waals surface area contributed by atoms with Crippen LogP contribution in [0, 0.1) is 0 Å². The highest BCUT2D eigenvalue weighted by atomic mass is 16.5. The van der Waals surface area contributed by atoms with E-state index in [0.717, 1.165) is 24.3 Å². The molecule has 1 rings (SSSR count). The number of unbranched alkanes of at least 4 members (excludes halogenated alkanes) is 18. The summed E-state index contributed by atoms with van der Waals surface area (Å²) in [5, 5.41) is 2.98. The summed E-state index contributed by atoms with van der Waals surface area (Å²) in [5.74, 6) is 0.911. The standard InChI is InChI=1S/C30H53NO2/c1-3-5-6-7-8-9-10-11-12-13-14-15-16-17-18-19-20-21-22-26-30(32)31-28-24-23-25-29(27-28)33-4-2/h23-25,27H,3-22,26H2,1-2H3,(H,31,32). The molecule has 1 aromatic rings. The molecule has 190 valence electrons. The minimum atomic E-state index is 0.107. The Kier molecular flexibility index (Phi) is 19.9. The number of hydrogen-bond acceptors (Lipinski definition) is 2. The van der Waals surface area contributed by atoms with Gasteiger partial charge in [0.15, 0.2) is 0 Å². The maximum atomic E-state index is 12.1. The molecule has 1 aromatic carbocycles. The topological polar surface area (TPSA) is 38.3 Å². The van der Waals surface area contributed by atoms with Crippen LogP contribution in [0.1, 0.15) is 142 Å². The molecule has 33 heavy (non-hydrogen) atoms. The van der Waals surface area contributed by atoms with Crippen LogP contribution < -0.4 is 10.1 Å². The second-order valence-electron chi connectivity index (χ2n) is 9.62. The van der Waals surface area contributed by atoms with Gasteiger partial charge in [-0.1, -0.05) is 129 Å². The quantitative estimate of drug-likeness (QED) is 0.165. The molecule has 0 radical (unpaired) electrons. The van der Waals surface area contributed by atoms with E-state index in [9.17, 15) is 4.79 Å². The third-order valence-corrected chi connectivity index (χ3v) is 6.44. The van der Waals surface area contributed by atoms with Gasteiger partial charge in [0.2, 0.25) is 5.91 Å². The van der Waals surface area contributed by atoms with Crippen molar-refractivity contribution in [3.63, 3.8) is 0 Å². The summed E-state index contributed by atoms with van der Waals surface area (Å²) in [5.41, 5.74) is 0.823. The van der Waals surface area contributed by atoms with Gasteiger partial charge >= 0.3 is 0 Å². The van der Waals surface area contributed by atoms with Gasteiger partial charge in [-0.2, -0.15) is 0 Å². The molecule has 0 saturated heterocycles. The van der Waals surface area contributed by atoms with Crippen molar-refractivity contribution >= 4 is 11.6 Å². The Hall–Kier alpha value is -1.51. The molecule has 0 aliphatic heterocycles. The van der Waals surface area contributed by atoms with Gasteiger partial charge in [0.25, 0.3) is 0 Å². The predicted molar refractivity (Wildman–Crippen MR) is 144 cm³/mol. The SMILES string of the molecule is CCCCCCCCCCCCCCCCCCCCCC(=O)Nc1cccc(OCC)c1. The van der Waals surface area contributed by atoms with Crippen LogP contribution in [-0.4, -0.2) is 12.5 Å². The molecule has 1 amide bonds. The Labute approximate surface area is 205 Å². The average Bonchev–Trinajstić information content (AvgIpc) is 2.81. The third-order valence-electron chi connectivity index (χ3n) is 6.44.